The van der Waals surface area contributed by atoms with Gasteiger partial charge in [-0.2, -0.15) is 5.10 Å². The molecule has 4 rings (SSSR count). The van der Waals surface area contributed by atoms with Crippen LogP contribution in [-0.4, -0.2) is 86.3 Å². The molecule has 2 fully saturated rings. The molecule has 10 nitrogen and oxygen atoms in total. The highest BCUT2D eigenvalue weighted by atomic mass is 16.2. The number of hydrogen-bond donors (Lipinski definition) is 0. The van der Waals surface area contributed by atoms with Crippen LogP contribution in [0, 0.1) is 5.92 Å². The molecule has 2 aliphatic heterocycles. The summed E-state index contributed by atoms with van der Waals surface area (Å²) in [5, 5.41) is 12.5. The van der Waals surface area contributed by atoms with Crippen molar-refractivity contribution in [3.63, 3.8) is 0 Å². The molecule has 2 saturated heterocycles. The molecule has 2 aromatic rings. The molecule has 0 saturated carbocycles. The summed E-state index contributed by atoms with van der Waals surface area (Å²) >= 11 is 0. The molecular weight excluding hydrogens is 348 g/mol. The van der Waals surface area contributed by atoms with Crippen molar-refractivity contribution >= 4 is 18.1 Å². The van der Waals surface area contributed by atoms with Crippen LogP contribution < -0.4 is 4.90 Å². The van der Waals surface area contributed by atoms with Crippen LogP contribution in [0.1, 0.15) is 12.8 Å². The van der Waals surface area contributed by atoms with Gasteiger partial charge in [-0.3, -0.25) is 9.59 Å². The normalized spacial score (nSPS) is 18.6. The highest BCUT2D eigenvalue weighted by molar-refractivity contribution is 5.79. The third-order valence-electron chi connectivity index (χ3n) is 5.23. The lowest BCUT2D eigenvalue weighted by Crippen LogP contribution is -2.51. The van der Waals surface area contributed by atoms with E-state index in [1.807, 2.05) is 17.0 Å². The van der Waals surface area contributed by atoms with Crippen molar-refractivity contribution in [1.29, 1.82) is 0 Å². The minimum atomic E-state index is 0.0476. The zero-order valence-corrected chi connectivity index (χ0v) is 15.0. The lowest BCUT2D eigenvalue weighted by molar-refractivity contribution is -0.139. The molecule has 10 heteroatoms. The Labute approximate surface area is 156 Å². The molecule has 0 spiro atoms. The topological polar surface area (TPSA) is 100 Å². The molecular formula is C17H22N8O2. The third-order valence-corrected chi connectivity index (χ3v) is 5.23. The molecule has 2 aromatic heterocycles. The Morgan fingerprint density at radius 1 is 1.00 bits per heavy atom. The lowest BCUT2D eigenvalue weighted by atomic mass is 9.95. The van der Waals surface area contributed by atoms with Crippen LogP contribution in [-0.2, 0) is 9.59 Å². The van der Waals surface area contributed by atoms with Gasteiger partial charge in [-0.15, -0.1) is 10.2 Å². The Bertz CT molecular complexity index is 763. The van der Waals surface area contributed by atoms with Gasteiger partial charge in [0.15, 0.2) is 11.6 Å². The van der Waals surface area contributed by atoms with Gasteiger partial charge in [0.05, 0.1) is 0 Å². The Hall–Kier alpha value is -3.04. The molecule has 0 aromatic carbocycles. The maximum Gasteiger partial charge on any atom is 0.225 e. The SMILES string of the molecule is O=CN1CCN(C(=O)C2CCN(c3ccc(-n4cncn4)nn3)CC2)CC1. The molecule has 0 bridgehead atoms. The molecule has 2 amide bonds. The fourth-order valence-electron chi connectivity index (χ4n) is 3.60. The first-order chi connectivity index (χ1) is 13.2. The molecule has 2 aliphatic rings. The van der Waals surface area contributed by atoms with Crippen molar-refractivity contribution in [2.45, 2.75) is 12.8 Å². The number of carbonyl (C=O) groups is 2. The molecule has 0 aliphatic carbocycles. The standard InChI is InChI=1S/C17H22N8O2/c26-13-22-7-9-24(10-8-22)17(27)14-3-5-23(6-4-14)15-1-2-16(21-20-15)25-12-18-11-19-25/h1-2,11-14H,3-10H2. The van der Waals surface area contributed by atoms with Crippen molar-refractivity contribution in [1.82, 2.24) is 34.8 Å². The van der Waals surface area contributed by atoms with Gasteiger partial charge in [0, 0.05) is 45.2 Å². The Morgan fingerprint density at radius 3 is 2.30 bits per heavy atom. The van der Waals surface area contributed by atoms with Gasteiger partial charge in [0.25, 0.3) is 0 Å². The van der Waals surface area contributed by atoms with Gasteiger partial charge in [0.2, 0.25) is 12.3 Å². The van der Waals surface area contributed by atoms with E-state index in [0.29, 0.717) is 32.0 Å². The zero-order valence-electron chi connectivity index (χ0n) is 15.0. The summed E-state index contributed by atoms with van der Waals surface area (Å²) in [5.41, 5.74) is 0. The van der Waals surface area contributed by atoms with Gasteiger partial charge in [-0.25, -0.2) is 9.67 Å². The monoisotopic (exact) mass is 370 g/mol. The zero-order chi connectivity index (χ0) is 18.6. The van der Waals surface area contributed by atoms with E-state index in [0.717, 1.165) is 38.2 Å². The number of nitrogens with zero attached hydrogens (tertiary/aromatic N) is 8. The van der Waals surface area contributed by atoms with Gasteiger partial charge in [-0.1, -0.05) is 0 Å². The van der Waals surface area contributed by atoms with Crippen LogP contribution in [0.25, 0.3) is 5.82 Å². The molecule has 0 atom stereocenters. The smallest absolute Gasteiger partial charge is 0.225 e. The predicted octanol–water partition coefficient (Wildman–Crippen LogP) is -0.426. The number of hydrogen-bond acceptors (Lipinski definition) is 7. The summed E-state index contributed by atoms with van der Waals surface area (Å²) in [6, 6.07) is 3.78. The number of piperazine rings is 1. The van der Waals surface area contributed by atoms with Crippen molar-refractivity contribution in [3.8, 4) is 5.82 Å². The largest absolute Gasteiger partial charge is 0.355 e. The first kappa shape index (κ1) is 17.4. The fourth-order valence-corrected chi connectivity index (χ4v) is 3.60. The molecule has 142 valence electrons. The summed E-state index contributed by atoms with van der Waals surface area (Å²) in [7, 11) is 0. The number of amides is 2. The van der Waals surface area contributed by atoms with Gasteiger partial charge >= 0.3 is 0 Å². The molecule has 0 unspecified atom stereocenters. The van der Waals surface area contributed by atoms with Gasteiger partial charge in [0.1, 0.15) is 12.7 Å². The summed E-state index contributed by atoms with van der Waals surface area (Å²) in [6.45, 7) is 4.08. The maximum atomic E-state index is 12.7. The first-order valence-electron chi connectivity index (χ1n) is 9.16. The minimum Gasteiger partial charge on any atom is -0.355 e. The second-order valence-electron chi connectivity index (χ2n) is 6.82. The van der Waals surface area contributed by atoms with Crippen LogP contribution in [0.15, 0.2) is 24.8 Å². The molecule has 0 N–H and O–H groups in total. The maximum absolute atomic E-state index is 12.7. The first-order valence-corrected chi connectivity index (χ1v) is 9.16. The predicted molar refractivity (Wildman–Crippen MR) is 96.1 cm³/mol. The average Bonchev–Trinajstić information content (AvgIpc) is 3.28. The summed E-state index contributed by atoms with van der Waals surface area (Å²) < 4.78 is 1.56. The second kappa shape index (κ2) is 7.68. The Kier molecular flexibility index (Phi) is 4.95. The highest BCUT2D eigenvalue weighted by Crippen LogP contribution is 2.23. The van der Waals surface area contributed by atoms with Crippen LogP contribution in [0.5, 0.6) is 0 Å². The van der Waals surface area contributed by atoms with Crippen LogP contribution in [0.2, 0.25) is 0 Å². The van der Waals surface area contributed by atoms with E-state index in [1.165, 1.54) is 6.33 Å². The molecule has 4 heterocycles. The van der Waals surface area contributed by atoms with E-state index < -0.39 is 0 Å². The number of carbonyl (C=O) groups excluding carboxylic acids is 2. The summed E-state index contributed by atoms with van der Waals surface area (Å²) in [4.78, 5) is 33.2. The minimum absolute atomic E-state index is 0.0476. The Balaban J connectivity index is 1.31. The van der Waals surface area contributed by atoms with E-state index in [9.17, 15) is 9.59 Å². The molecule has 27 heavy (non-hydrogen) atoms. The van der Waals surface area contributed by atoms with E-state index in [-0.39, 0.29) is 11.8 Å². The number of rotatable bonds is 4. The van der Waals surface area contributed by atoms with Crippen molar-refractivity contribution < 1.29 is 9.59 Å². The Morgan fingerprint density at radius 2 is 1.70 bits per heavy atom. The number of piperidine rings is 1. The van der Waals surface area contributed by atoms with E-state index >= 15 is 0 Å². The summed E-state index contributed by atoms with van der Waals surface area (Å²) in [6.07, 6.45) is 5.50. The molecule has 0 radical (unpaired) electrons. The van der Waals surface area contributed by atoms with Crippen molar-refractivity contribution in [2.24, 2.45) is 5.92 Å². The van der Waals surface area contributed by atoms with Crippen LogP contribution in [0.4, 0.5) is 5.82 Å². The quantitative estimate of drug-likeness (QED) is 0.674. The lowest BCUT2D eigenvalue weighted by Gasteiger charge is -2.37. The summed E-state index contributed by atoms with van der Waals surface area (Å²) in [5.74, 6) is 1.69. The van der Waals surface area contributed by atoms with Crippen LogP contribution >= 0.6 is 0 Å². The van der Waals surface area contributed by atoms with E-state index in [2.05, 4.69) is 25.2 Å². The average molecular weight is 370 g/mol. The van der Waals surface area contributed by atoms with Crippen molar-refractivity contribution in [3.05, 3.63) is 24.8 Å². The third kappa shape index (κ3) is 3.74. The fraction of sp³-hybridized carbons (Fsp3) is 0.529. The van der Waals surface area contributed by atoms with Crippen molar-refractivity contribution in [2.75, 3.05) is 44.2 Å². The number of aromatic nitrogens is 5. The highest BCUT2D eigenvalue weighted by Gasteiger charge is 2.30. The van der Waals surface area contributed by atoms with E-state index in [1.54, 1.807) is 15.9 Å². The van der Waals surface area contributed by atoms with E-state index in [4.69, 9.17) is 0 Å². The van der Waals surface area contributed by atoms with Gasteiger partial charge < -0.3 is 14.7 Å². The second-order valence-corrected chi connectivity index (χ2v) is 6.82. The van der Waals surface area contributed by atoms with Crippen LogP contribution in [0.3, 0.4) is 0 Å². The van der Waals surface area contributed by atoms with Gasteiger partial charge in [-0.05, 0) is 25.0 Å². The number of anilines is 1.